The molecule has 1 aliphatic heterocycles. The molecule has 0 bridgehead atoms. The first kappa shape index (κ1) is 17.9. The van der Waals surface area contributed by atoms with Crippen LogP contribution in [0.25, 0.3) is 0 Å². The van der Waals surface area contributed by atoms with Gasteiger partial charge in [0.25, 0.3) is 5.91 Å². The van der Waals surface area contributed by atoms with Gasteiger partial charge in [0.15, 0.2) is 17.7 Å². The van der Waals surface area contributed by atoms with Crippen molar-refractivity contribution in [3.05, 3.63) is 66.0 Å². The number of carbonyl (C=O) groups is 2. The van der Waals surface area contributed by atoms with Gasteiger partial charge in [0.1, 0.15) is 0 Å². The molecule has 1 fully saturated rings. The van der Waals surface area contributed by atoms with Gasteiger partial charge in [0, 0.05) is 19.0 Å². The van der Waals surface area contributed by atoms with Crippen LogP contribution in [0.4, 0.5) is 4.39 Å². The zero-order valence-electron chi connectivity index (χ0n) is 14.3. The Kier molecular flexibility index (Phi) is 5.21. The van der Waals surface area contributed by atoms with Gasteiger partial charge in [-0.15, -0.1) is 0 Å². The maximum Gasteiger partial charge on any atom is 0.308 e. The van der Waals surface area contributed by atoms with Crippen LogP contribution in [-0.4, -0.2) is 41.1 Å². The summed E-state index contributed by atoms with van der Waals surface area (Å²) in [5.41, 5.74) is 0.887. The number of halogens is 1. The van der Waals surface area contributed by atoms with Crippen molar-refractivity contribution in [2.45, 2.75) is 18.9 Å². The van der Waals surface area contributed by atoms with Crippen LogP contribution >= 0.6 is 0 Å². The molecule has 6 heteroatoms. The lowest BCUT2D eigenvalue weighted by atomic mass is 9.89. The number of hydrogen-bond donors (Lipinski definition) is 1. The monoisotopic (exact) mass is 357 g/mol. The van der Waals surface area contributed by atoms with E-state index >= 15 is 0 Å². The molecular weight excluding hydrogens is 337 g/mol. The Morgan fingerprint density at radius 1 is 1.12 bits per heavy atom. The summed E-state index contributed by atoms with van der Waals surface area (Å²) in [6.07, 6.45) is -0.907. The number of likely N-dealkylation sites (tertiary alicyclic amines) is 1. The van der Waals surface area contributed by atoms with Crippen LogP contribution in [0, 0.1) is 11.7 Å². The second-order valence-electron chi connectivity index (χ2n) is 6.40. The van der Waals surface area contributed by atoms with Crippen LogP contribution in [0.15, 0.2) is 54.6 Å². The van der Waals surface area contributed by atoms with E-state index in [0.717, 1.165) is 5.56 Å². The molecule has 1 aliphatic rings. The molecule has 3 rings (SSSR count). The third-order valence-corrected chi connectivity index (χ3v) is 4.66. The number of hydrogen-bond acceptors (Lipinski definition) is 3. The molecule has 1 unspecified atom stereocenters. The lowest BCUT2D eigenvalue weighted by Crippen LogP contribution is -2.39. The largest absolute Gasteiger partial charge is 0.481 e. The number of carboxylic acids is 1. The number of benzene rings is 2. The van der Waals surface area contributed by atoms with E-state index in [-0.39, 0.29) is 24.1 Å². The van der Waals surface area contributed by atoms with Crippen LogP contribution in [-0.2, 0) is 9.59 Å². The number of carbonyl (C=O) groups excluding carboxylic acids is 1. The Morgan fingerprint density at radius 3 is 2.42 bits per heavy atom. The average Bonchev–Trinajstić information content (AvgIpc) is 3.09. The van der Waals surface area contributed by atoms with E-state index in [9.17, 15) is 19.1 Å². The predicted molar refractivity (Wildman–Crippen MR) is 93.4 cm³/mol. The number of rotatable bonds is 5. The fourth-order valence-electron chi connectivity index (χ4n) is 3.31. The second kappa shape index (κ2) is 7.56. The maximum absolute atomic E-state index is 13.7. The summed E-state index contributed by atoms with van der Waals surface area (Å²) in [6, 6.07) is 15.2. The van der Waals surface area contributed by atoms with Gasteiger partial charge in [-0.05, 0) is 24.6 Å². The molecule has 0 spiro atoms. The van der Waals surface area contributed by atoms with E-state index in [1.54, 1.807) is 13.0 Å². The Labute approximate surface area is 151 Å². The van der Waals surface area contributed by atoms with Crippen molar-refractivity contribution in [1.82, 2.24) is 4.90 Å². The third-order valence-electron chi connectivity index (χ3n) is 4.66. The lowest BCUT2D eigenvalue weighted by Gasteiger charge is -2.22. The third kappa shape index (κ3) is 3.69. The average molecular weight is 357 g/mol. The highest BCUT2D eigenvalue weighted by atomic mass is 19.1. The summed E-state index contributed by atoms with van der Waals surface area (Å²) >= 11 is 0. The van der Waals surface area contributed by atoms with Crippen LogP contribution in [0.5, 0.6) is 5.75 Å². The normalized spacial score (nSPS) is 20.6. The summed E-state index contributed by atoms with van der Waals surface area (Å²) < 4.78 is 19.2. The van der Waals surface area contributed by atoms with E-state index in [2.05, 4.69) is 0 Å². The first-order valence-electron chi connectivity index (χ1n) is 8.45. The standard InChI is InChI=1S/C20H20FNO4/c1-13(26-18-10-6-5-9-17(18)21)19(23)22-11-15(16(12-22)20(24)25)14-7-3-2-4-8-14/h2-10,13,15-16H,11-12H2,1H3,(H,24,25)/t13?,15-,16-/m0/s1. The Morgan fingerprint density at radius 2 is 1.77 bits per heavy atom. The van der Waals surface area contributed by atoms with Crippen LogP contribution < -0.4 is 4.74 Å². The number of amides is 1. The minimum Gasteiger partial charge on any atom is -0.481 e. The Balaban J connectivity index is 1.73. The number of carboxylic acid groups (broad SMARTS) is 1. The smallest absolute Gasteiger partial charge is 0.308 e. The van der Waals surface area contributed by atoms with Gasteiger partial charge in [0.05, 0.1) is 5.92 Å². The fourth-order valence-corrected chi connectivity index (χ4v) is 3.31. The van der Waals surface area contributed by atoms with Gasteiger partial charge in [0.2, 0.25) is 0 Å². The first-order valence-corrected chi connectivity index (χ1v) is 8.45. The van der Waals surface area contributed by atoms with Crippen LogP contribution in [0.2, 0.25) is 0 Å². The minimum atomic E-state index is -0.933. The molecule has 136 valence electrons. The van der Waals surface area contributed by atoms with Gasteiger partial charge >= 0.3 is 5.97 Å². The first-order chi connectivity index (χ1) is 12.5. The minimum absolute atomic E-state index is 0.00180. The Bertz CT molecular complexity index is 795. The molecule has 2 aromatic rings. The summed E-state index contributed by atoms with van der Waals surface area (Å²) in [5, 5.41) is 9.54. The molecule has 0 aromatic heterocycles. The topological polar surface area (TPSA) is 66.8 Å². The molecule has 0 saturated carbocycles. The van der Waals surface area contributed by atoms with Crippen molar-refractivity contribution in [2.75, 3.05) is 13.1 Å². The van der Waals surface area contributed by atoms with Crippen molar-refractivity contribution < 1.29 is 23.8 Å². The highest BCUT2D eigenvalue weighted by molar-refractivity contribution is 5.83. The van der Waals surface area contributed by atoms with Crippen molar-refractivity contribution in [3.8, 4) is 5.75 Å². The van der Waals surface area contributed by atoms with Crippen molar-refractivity contribution in [1.29, 1.82) is 0 Å². The van der Waals surface area contributed by atoms with E-state index in [4.69, 9.17) is 4.74 Å². The van der Waals surface area contributed by atoms with E-state index in [1.165, 1.54) is 23.1 Å². The zero-order chi connectivity index (χ0) is 18.7. The quantitative estimate of drug-likeness (QED) is 0.893. The molecule has 1 saturated heterocycles. The van der Waals surface area contributed by atoms with Gasteiger partial charge in [-0.25, -0.2) is 4.39 Å². The molecule has 3 atom stereocenters. The molecule has 0 aliphatic carbocycles. The molecule has 2 aromatic carbocycles. The number of aliphatic carboxylic acids is 1. The molecule has 1 N–H and O–H groups in total. The van der Waals surface area contributed by atoms with Crippen molar-refractivity contribution in [3.63, 3.8) is 0 Å². The number of nitrogens with zero attached hydrogens (tertiary/aromatic N) is 1. The second-order valence-corrected chi connectivity index (χ2v) is 6.40. The van der Waals surface area contributed by atoms with Crippen molar-refractivity contribution >= 4 is 11.9 Å². The molecule has 5 nitrogen and oxygen atoms in total. The van der Waals surface area contributed by atoms with E-state index < -0.39 is 23.8 Å². The Hall–Kier alpha value is -2.89. The predicted octanol–water partition coefficient (Wildman–Crippen LogP) is 2.92. The molecular formula is C20H20FNO4. The summed E-state index contributed by atoms with van der Waals surface area (Å²) in [7, 11) is 0. The van der Waals surface area contributed by atoms with Crippen LogP contribution in [0.1, 0.15) is 18.4 Å². The van der Waals surface area contributed by atoms with E-state index in [1.807, 2.05) is 30.3 Å². The van der Waals surface area contributed by atoms with Crippen molar-refractivity contribution in [2.24, 2.45) is 5.92 Å². The highest BCUT2D eigenvalue weighted by Gasteiger charge is 2.41. The van der Waals surface area contributed by atoms with E-state index in [0.29, 0.717) is 6.54 Å². The number of ether oxygens (including phenoxy) is 1. The summed E-state index contributed by atoms with van der Waals surface area (Å²) in [5.74, 6) is -2.78. The fraction of sp³-hybridized carbons (Fsp3) is 0.300. The van der Waals surface area contributed by atoms with Gasteiger partial charge in [-0.3, -0.25) is 9.59 Å². The summed E-state index contributed by atoms with van der Waals surface area (Å²) in [6.45, 7) is 1.95. The molecule has 0 radical (unpaired) electrons. The molecule has 1 amide bonds. The van der Waals surface area contributed by atoms with Gasteiger partial charge in [-0.2, -0.15) is 0 Å². The van der Waals surface area contributed by atoms with Gasteiger partial charge in [-0.1, -0.05) is 42.5 Å². The van der Waals surface area contributed by atoms with Gasteiger partial charge < -0.3 is 14.7 Å². The maximum atomic E-state index is 13.7. The lowest BCUT2D eigenvalue weighted by molar-refractivity contribution is -0.142. The molecule has 1 heterocycles. The SMILES string of the molecule is CC(Oc1ccccc1F)C(=O)N1C[C@H](C(=O)O)[C@H](c2ccccc2)C1. The van der Waals surface area contributed by atoms with Crippen LogP contribution in [0.3, 0.4) is 0 Å². The number of para-hydroxylation sites is 1. The zero-order valence-corrected chi connectivity index (χ0v) is 14.3. The molecule has 26 heavy (non-hydrogen) atoms. The summed E-state index contributed by atoms with van der Waals surface area (Å²) in [4.78, 5) is 25.8. The highest BCUT2D eigenvalue weighted by Crippen LogP contribution is 2.33.